The van der Waals surface area contributed by atoms with E-state index in [2.05, 4.69) is 4.18 Å². The summed E-state index contributed by atoms with van der Waals surface area (Å²) < 4.78 is 104. The molecule has 2 rings (SSSR count). The van der Waals surface area contributed by atoms with Crippen LogP contribution in [-0.4, -0.2) is 22.3 Å². The Balaban J connectivity index is 2.42. The van der Waals surface area contributed by atoms with Gasteiger partial charge in [0.1, 0.15) is 11.6 Å². The van der Waals surface area contributed by atoms with E-state index in [1.54, 1.807) is 6.92 Å². The molecule has 148 valence electrons. The first-order valence-electron chi connectivity index (χ1n) is 7.13. The van der Waals surface area contributed by atoms with Crippen molar-refractivity contribution >= 4 is 25.8 Å². The van der Waals surface area contributed by atoms with Crippen molar-refractivity contribution in [2.45, 2.75) is 24.3 Å². The maximum Gasteiger partial charge on any atom is 0.534 e. The first-order valence-corrected chi connectivity index (χ1v) is 10.0. The minimum atomic E-state index is -6.00. The average molecular weight is 427 g/mol. The third kappa shape index (κ3) is 4.69. The Bertz CT molecular complexity index is 1060. The molecule has 0 atom stereocenters. The van der Waals surface area contributed by atoms with Crippen molar-refractivity contribution in [2.75, 3.05) is 4.72 Å². The van der Waals surface area contributed by atoms with Gasteiger partial charge in [0.15, 0.2) is 0 Å². The van der Waals surface area contributed by atoms with Gasteiger partial charge in [-0.15, -0.1) is 0 Å². The van der Waals surface area contributed by atoms with Gasteiger partial charge in [-0.25, -0.2) is 12.8 Å². The monoisotopic (exact) mass is 427 g/mol. The van der Waals surface area contributed by atoms with Crippen molar-refractivity contribution in [1.29, 1.82) is 0 Å². The van der Waals surface area contributed by atoms with E-state index >= 15 is 0 Å². The summed E-state index contributed by atoms with van der Waals surface area (Å²) in [7, 11) is -10.3. The first kappa shape index (κ1) is 21.0. The molecular formula is C15H13F4NO5S2. The lowest BCUT2D eigenvalue weighted by atomic mass is 10.2. The fourth-order valence-electron chi connectivity index (χ4n) is 1.91. The molecule has 0 aliphatic heterocycles. The highest BCUT2D eigenvalue weighted by atomic mass is 32.2. The Morgan fingerprint density at radius 2 is 1.52 bits per heavy atom. The predicted molar refractivity (Wildman–Crippen MR) is 88.7 cm³/mol. The van der Waals surface area contributed by atoms with Gasteiger partial charge in [0.2, 0.25) is 0 Å². The highest BCUT2D eigenvalue weighted by molar-refractivity contribution is 7.92. The van der Waals surface area contributed by atoms with E-state index in [0.29, 0.717) is 12.1 Å². The molecule has 0 bridgehead atoms. The smallest absolute Gasteiger partial charge is 0.376 e. The van der Waals surface area contributed by atoms with E-state index < -0.39 is 42.9 Å². The van der Waals surface area contributed by atoms with Crippen LogP contribution in [0.4, 0.5) is 23.2 Å². The summed E-state index contributed by atoms with van der Waals surface area (Å²) in [6.07, 6.45) is 0. The summed E-state index contributed by atoms with van der Waals surface area (Å²) in [4.78, 5) is -0.224. The van der Waals surface area contributed by atoms with Gasteiger partial charge in [-0.05, 0) is 37.6 Å². The van der Waals surface area contributed by atoms with Crippen LogP contribution in [0.5, 0.6) is 5.75 Å². The number of nitrogens with one attached hydrogen (secondary N) is 1. The van der Waals surface area contributed by atoms with E-state index in [1.165, 1.54) is 24.3 Å². The molecule has 0 aliphatic rings. The molecule has 2 aromatic rings. The maximum absolute atomic E-state index is 14.1. The van der Waals surface area contributed by atoms with Crippen LogP contribution in [0, 0.1) is 19.7 Å². The molecule has 6 nitrogen and oxygen atoms in total. The topological polar surface area (TPSA) is 89.5 Å². The van der Waals surface area contributed by atoms with E-state index in [-0.39, 0.29) is 10.5 Å². The summed E-state index contributed by atoms with van der Waals surface area (Å²) in [6.45, 7) is 2.82. The lowest BCUT2D eigenvalue weighted by molar-refractivity contribution is -0.0500. The van der Waals surface area contributed by atoms with Crippen LogP contribution in [0.3, 0.4) is 0 Å². The molecule has 0 aliphatic carbocycles. The summed E-state index contributed by atoms with van der Waals surface area (Å²) in [5, 5.41) is 0. The summed E-state index contributed by atoms with van der Waals surface area (Å²) in [5.41, 5.74) is -5.98. The number of hydrogen-bond acceptors (Lipinski definition) is 5. The molecule has 0 fully saturated rings. The van der Waals surface area contributed by atoms with Gasteiger partial charge in [0.05, 0.1) is 10.6 Å². The molecule has 0 radical (unpaired) electrons. The van der Waals surface area contributed by atoms with Gasteiger partial charge in [-0.1, -0.05) is 17.7 Å². The lowest BCUT2D eigenvalue weighted by Gasteiger charge is -2.14. The molecule has 1 N–H and O–H groups in total. The molecule has 27 heavy (non-hydrogen) atoms. The third-order valence-electron chi connectivity index (χ3n) is 3.32. The van der Waals surface area contributed by atoms with Crippen molar-refractivity contribution in [2.24, 2.45) is 0 Å². The Morgan fingerprint density at radius 3 is 2.04 bits per heavy atom. The molecule has 0 spiro atoms. The summed E-state index contributed by atoms with van der Waals surface area (Å²) >= 11 is 0. The number of sulfonamides is 1. The fourth-order valence-corrected chi connectivity index (χ4v) is 3.48. The fraction of sp³-hybridized carbons (Fsp3) is 0.200. The van der Waals surface area contributed by atoms with Crippen molar-refractivity contribution in [1.82, 2.24) is 0 Å². The average Bonchev–Trinajstić information content (AvgIpc) is 2.51. The van der Waals surface area contributed by atoms with Gasteiger partial charge in [-0.3, -0.25) is 4.72 Å². The molecule has 2 aromatic carbocycles. The molecule has 0 saturated heterocycles. The Morgan fingerprint density at radius 1 is 0.963 bits per heavy atom. The highest BCUT2D eigenvalue weighted by Gasteiger charge is 2.48. The van der Waals surface area contributed by atoms with Gasteiger partial charge < -0.3 is 4.18 Å². The molecule has 0 aromatic heterocycles. The number of benzene rings is 2. The molecule has 0 amide bonds. The van der Waals surface area contributed by atoms with Crippen molar-refractivity contribution in [3.63, 3.8) is 0 Å². The summed E-state index contributed by atoms with van der Waals surface area (Å²) in [5.74, 6) is -1.99. The third-order valence-corrected chi connectivity index (χ3v) is 5.67. The number of rotatable bonds is 5. The van der Waals surface area contributed by atoms with Gasteiger partial charge in [0.25, 0.3) is 10.0 Å². The highest BCUT2D eigenvalue weighted by Crippen LogP contribution is 2.32. The zero-order chi connectivity index (χ0) is 20.6. The standard InChI is InChI=1S/C15H13F4NO5S2/c1-9-3-5-11(6-4-9)26(21,22)20-13-8-14(10(2)7-12(13)16)25-27(23,24)15(17,18)19/h3-8,20H,1-2H3. The number of anilines is 1. The van der Waals surface area contributed by atoms with Gasteiger partial charge >= 0.3 is 15.6 Å². The normalized spacial score (nSPS) is 12.7. The zero-order valence-electron chi connectivity index (χ0n) is 13.8. The molecule has 12 heteroatoms. The van der Waals surface area contributed by atoms with Crippen molar-refractivity contribution < 1.29 is 38.6 Å². The second-order valence-electron chi connectivity index (χ2n) is 5.50. The van der Waals surface area contributed by atoms with E-state index in [9.17, 15) is 34.4 Å². The van der Waals surface area contributed by atoms with Crippen LogP contribution in [-0.2, 0) is 20.1 Å². The van der Waals surface area contributed by atoms with E-state index in [0.717, 1.165) is 12.5 Å². The van der Waals surface area contributed by atoms with Crippen LogP contribution in [0.15, 0.2) is 41.3 Å². The number of alkyl halides is 3. The van der Waals surface area contributed by atoms with E-state index in [4.69, 9.17) is 0 Å². The van der Waals surface area contributed by atoms with Gasteiger partial charge in [-0.2, -0.15) is 21.6 Å². The van der Waals surface area contributed by atoms with Crippen LogP contribution in [0.25, 0.3) is 0 Å². The van der Waals surface area contributed by atoms with Crippen LogP contribution >= 0.6 is 0 Å². The molecular weight excluding hydrogens is 414 g/mol. The van der Waals surface area contributed by atoms with Crippen LogP contribution < -0.4 is 8.91 Å². The quantitative estimate of drug-likeness (QED) is 0.448. The summed E-state index contributed by atoms with van der Waals surface area (Å²) in [6, 6.07) is 6.65. The first-order chi connectivity index (χ1) is 12.2. The molecule has 0 saturated carbocycles. The SMILES string of the molecule is Cc1ccc(S(=O)(=O)Nc2cc(OS(=O)(=O)C(F)(F)F)c(C)cc2F)cc1. The number of hydrogen-bond donors (Lipinski definition) is 1. The number of halogens is 4. The molecule has 0 unspecified atom stereocenters. The minimum absolute atomic E-state index is 0.224. The second kappa shape index (κ2) is 7.00. The second-order valence-corrected chi connectivity index (χ2v) is 8.72. The van der Waals surface area contributed by atoms with Crippen LogP contribution in [0.1, 0.15) is 11.1 Å². The van der Waals surface area contributed by atoms with Crippen molar-refractivity contribution in [3.8, 4) is 5.75 Å². The maximum atomic E-state index is 14.1. The van der Waals surface area contributed by atoms with Gasteiger partial charge in [0, 0.05) is 6.07 Å². The van der Waals surface area contributed by atoms with E-state index in [1.807, 2.05) is 4.72 Å². The lowest BCUT2D eigenvalue weighted by Crippen LogP contribution is -2.28. The largest absolute Gasteiger partial charge is 0.534 e. The Labute approximate surface area is 153 Å². The van der Waals surface area contributed by atoms with Crippen LogP contribution in [0.2, 0.25) is 0 Å². The zero-order valence-corrected chi connectivity index (χ0v) is 15.5. The number of aryl methyl sites for hydroxylation is 2. The Hall–Kier alpha value is -2.34. The minimum Gasteiger partial charge on any atom is -0.376 e. The molecule has 0 heterocycles. The predicted octanol–water partition coefficient (Wildman–Crippen LogP) is 3.47. The van der Waals surface area contributed by atoms with Crippen molar-refractivity contribution in [3.05, 3.63) is 53.3 Å². The Kier molecular flexibility index (Phi) is 5.44.